The quantitative estimate of drug-likeness (QED) is 0.731. The Morgan fingerprint density at radius 2 is 1.88 bits per heavy atom. The molecule has 1 aromatic carbocycles. The number of aromatic nitrogens is 2. The molecule has 0 spiro atoms. The first-order valence-electron chi connectivity index (χ1n) is 8.04. The highest BCUT2D eigenvalue weighted by Gasteiger charge is 2.16. The molecule has 2 aromatic rings. The molecule has 3 rings (SSSR count). The van der Waals surface area contributed by atoms with Crippen molar-refractivity contribution in [3.8, 4) is 0 Å². The molecule has 0 saturated heterocycles. The predicted molar refractivity (Wildman–Crippen MR) is 98.1 cm³/mol. The summed E-state index contributed by atoms with van der Waals surface area (Å²) in [5, 5.41) is 10.0. The maximum absolute atomic E-state index is 13.0. The Bertz CT molecular complexity index is 713. The van der Waals surface area contributed by atoms with Gasteiger partial charge >= 0.3 is 0 Å². The van der Waals surface area contributed by atoms with Crippen molar-refractivity contribution in [3.05, 3.63) is 41.8 Å². The molecule has 0 atom stereocenters. The van der Waals surface area contributed by atoms with Gasteiger partial charge < -0.3 is 16.0 Å². The van der Waals surface area contributed by atoms with Crippen LogP contribution in [0.25, 0.3) is 0 Å². The maximum Gasteiger partial charge on any atom is 0.231 e. The molecule has 0 radical (unpaired) electrons. The molecule has 0 aliphatic heterocycles. The van der Waals surface area contributed by atoms with Gasteiger partial charge in [-0.2, -0.15) is 4.98 Å². The van der Waals surface area contributed by atoms with E-state index in [1.807, 2.05) is 13.0 Å². The minimum atomic E-state index is -0.273. The zero-order valence-electron chi connectivity index (χ0n) is 13.5. The summed E-state index contributed by atoms with van der Waals surface area (Å²) in [4.78, 5) is 8.77. The number of hydrogen-bond donors (Lipinski definition) is 3. The lowest BCUT2D eigenvalue weighted by Crippen LogP contribution is -2.36. The fourth-order valence-corrected chi connectivity index (χ4v) is 3.02. The Balaban J connectivity index is 1.66. The third kappa shape index (κ3) is 4.61. The van der Waals surface area contributed by atoms with E-state index in [4.69, 9.17) is 12.2 Å². The number of anilines is 3. The van der Waals surface area contributed by atoms with Crippen molar-refractivity contribution in [1.29, 1.82) is 0 Å². The lowest BCUT2D eigenvalue weighted by molar-refractivity contribution is 0.628. The molecule has 5 nitrogen and oxygen atoms in total. The van der Waals surface area contributed by atoms with E-state index in [0.29, 0.717) is 22.9 Å². The Labute approximate surface area is 146 Å². The standard InChI is InChI=1S/C17H20FN5S/c1-11-10-15(20-14-8-6-12(18)7-9-14)22-16(19-11)23-17(24)21-13-4-2-3-5-13/h6-10,13H,2-5H2,1H3,(H3,19,20,21,22,23,24). The second-order valence-corrected chi connectivity index (χ2v) is 6.34. The number of thiocarbonyl (C=S) groups is 1. The van der Waals surface area contributed by atoms with Gasteiger partial charge in [-0.05, 0) is 56.2 Å². The molecule has 24 heavy (non-hydrogen) atoms. The van der Waals surface area contributed by atoms with Crippen molar-refractivity contribution in [3.63, 3.8) is 0 Å². The summed E-state index contributed by atoms with van der Waals surface area (Å²) in [6.45, 7) is 1.89. The molecular weight excluding hydrogens is 325 g/mol. The van der Waals surface area contributed by atoms with Crippen LogP contribution in [-0.4, -0.2) is 21.1 Å². The van der Waals surface area contributed by atoms with Crippen LogP contribution in [0.1, 0.15) is 31.4 Å². The molecule has 1 aromatic heterocycles. The van der Waals surface area contributed by atoms with E-state index >= 15 is 0 Å². The van der Waals surface area contributed by atoms with Crippen LogP contribution in [0.5, 0.6) is 0 Å². The Hall–Kier alpha value is -2.28. The monoisotopic (exact) mass is 345 g/mol. The summed E-state index contributed by atoms with van der Waals surface area (Å²) in [6.07, 6.45) is 4.78. The molecular formula is C17H20FN5S. The number of hydrogen-bond acceptors (Lipinski definition) is 4. The van der Waals surface area contributed by atoms with E-state index in [1.165, 1.54) is 25.0 Å². The van der Waals surface area contributed by atoms with E-state index in [9.17, 15) is 4.39 Å². The smallest absolute Gasteiger partial charge is 0.231 e. The van der Waals surface area contributed by atoms with Crippen LogP contribution >= 0.6 is 12.2 Å². The highest BCUT2D eigenvalue weighted by molar-refractivity contribution is 7.80. The van der Waals surface area contributed by atoms with Crippen molar-refractivity contribution in [2.45, 2.75) is 38.6 Å². The van der Waals surface area contributed by atoms with E-state index in [2.05, 4.69) is 25.9 Å². The number of nitrogens with one attached hydrogen (secondary N) is 3. The first-order chi connectivity index (χ1) is 11.6. The number of halogens is 1. The van der Waals surface area contributed by atoms with Crippen molar-refractivity contribution in [1.82, 2.24) is 15.3 Å². The van der Waals surface area contributed by atoms with Crippen LogP contribution in [0.3, 0.4) is 0 Å². The summed E-state index contributed by atoms with van der Waals surface area (Å²) < 4.78 is 13.0. The van der Waals surface area contributed by atoms with Gasteiger partial charge in [-0.15, -0.1) is 0 Å². The van der Waals surface area contributed by atoms with Crippen molar-refractivity contribution < 1.29 is 4.39 Å². The van der Waals surface area contributed by atoms with Gasteiger partial charge in [0.15, 0.2) is 5.11 Å². The Kier molecular flexibility index (Phi) is 5.20. The second-order valence-electron chi connectivity index (χ2n) is 5.93. The SMILES string of the molecule is Cc1cc(Nc2ccc(F)cc2)nc(NC(=S)NC2CCCC2)n1. The summed E-state index contributed by atoms with van der Waals surface area (Å²) in [6, 6.07) is 8.37. The maximum atomic E-state index is 13.0. The van der Waals surface area contributed by atoms with E-state index in [1.54, 1.807) is 12.1 Å². The lowest BCUT2D eigenvalue weighted by Gasteiger charge is -2.15. The third-order valence-corrected chi connectivity index (χ3v) is 4.11. The predicted octanol–water partition coefficient (Wildman–Crippen LogP) is 3.90. The van der Waals surface area contributed by atoms with E-state index < -0.39 is 0 Å². The fraction of sp³-hybridized carbons (Fsp3) is 0.353. The molecule has 7 heteroatoms. The van der Waals surface area contributed by atoms with E-state index in [-0.39, 0.29) is 5.82 Å². The summed E-state index contributed by atoms with van der Waals surface area (Å²) in [5.74, 6) is 0.792. The van der Waals surface area contributed by atoms with Crippen LogP contribution in [0.4, 0.5) is 21.8 Å². The van der Waals surface area contributed by atoms with Crippen LogP contribution < -0.4 is 16.0 Å². The molecule has 3 N–H and O–H groups in total. The average Bonchev–Trinajstić information content (AvgIpc) is 3.01. The fourth-order valence-electron chi connectivity index (χ4n) is 2.76. The van der Waals surface area contributed by atoms with Crippen molar-refractivity contribution in [2.75, 3.05) is 10.6 Å². The van der Waals surface area contributed by atoms with Gasteiger partial charge in [0.2, 0.25) is 5.95 Å². The van der Waals surface area contributed by atoms with Crippen LogP contribution in [0.2, 0.25) is 0 Å². The number of benzene rings is 1. The van der Waals surface area contributed by atoms with Gasteiger partial charge in [-0.25, -0.2) is 9.37 Å². The van der Waals surface area contributed by atoms with Gasteiger partial charge in [0.1, 0.15) is 11.6 Å². The highest BCUT2D eigenvalue weighted by Crippen LogP contribution is 2.19. The Morgan fingerprint density at radius 1 is 1.17 bits per heavy atom. The summed E-state index contributed by atoms with van der Waals surface area (Å²) >= 11 is 5.34. The topological polar surface area (TPSA) is 61.9 Å². The normalized spacial score (nSPS) is 14.4. The zero-order chi connectivity index (χ0) is 16.9. The van der Waals surface area contributed by atoms with Gasteiger partial charge in [0, 0.05) is 23.5 Å². The summed E-state index contributed by atoms with van der Waals surface area (Å²) in [7, 11) is 0. The zero-order valence-corrected chi connectivity index (χ0v) is 14.3. The molecule has 0 unspecified atom stereocenters. The third-order valence-electron chi connectivity index (χ3n) is 3.89. The first kappa shape index (κ1) is 16.6. The average molecular weight is 345 g/mol. The minimum absolute atomic E-state index is 0.273. The highest BCUT2D eigenvalue weighted by atomic mass is 32.1. The molecule has 0 amide bonds. The minimum Gasteiger partial charge on any atom is -0.360 e. The van der Waals surface area contributed by atoms with E-state index in [0.717, 1.165) is 24.2 Å². The number of nitrogens with zero attached hydrogens (tertiary/aromatic N) is 2. The number of rotatable bonds is 4. The van der Waals surface area contributed by atoms with Gasteiger partial charge in [0.05, 0.1) is 0 Å². The molecule has 1 fully saturated rings. The number of aryl methyl sites for hydroxylation is 1. The molecule has 1 aliphatic carbocycles. The lowest BCUT2D eigenvalue weighted by atomic mass is 10.3. The first-order valence-corrected chi connectivity index (χ1v) is 8.45. The van der Waals surface area contributed by atoms with Gasteiger partial charge in [-0.1, -0.05) is 12.8 Å². The second kappa shape index (κ2) is 7.53. The van der Waals surface area contributed by atoms with Gasteiger partial charge in [0.25, 0.3) is 0 Å². The van der Waals surface area contributed by atoms with Crippen LogP contribution in [0.15, 0.2) is 30.3 Å². The summed E-state index contributed by atoms with van der Waals surface area (Å²) in [5.41, 5.74) is 1.56. The molecule has 1 heterocycles. The van der Waals surface area contributed by atoms with Crippen molar-refractivity contribution in [2.24, 2.45) is 0 Å². The Morgan fingerprint density at radius 3 is 2.58 bits per heavy atom. The molecule has 1 aliphatic rings. The largest absolute Gasteiger partial charge is 0.360 e. The molecule has 1 saturated carbocycles. The molecule has 126 valence electrons. The van der Waals surface area contributed by atoms with Crippen molar-refractivity contribution >= 4 is 34.8 Å². The van der Waals surface area contributed by atoms with Crippen LogP contribution in [-0.2, 0) is 0 Å². The van der Waals surface area contributed by atoms with Crippen LogP contribution in [0, 0.1) is 12.7 Å². The molecule has 0 bridgehead atoms. The van der Waals surface area contributed by atoms with Gasteiger partial charge in [-0.3, -0.25) is 0 Å².